The Labute approximate surface area is 63.1 Å². The normalized spacial score (nSPS) is 24.5. The van der Waals surface area contributed by atoms with Crippen LogP contribution in [-0.4, -0.2) is 22.9 Å². The summed E-state index contributed by atoms with van der Waals surface area (Å²) in [6, 6.07) is 0. The zero-order valence-electron chi connectivity index (χ0n) is 5.62. The zero-order valence-corrected chi connectivity index (χ0v) is 6.44. The maximum absolute atomic E-state index is 10.5. The smallest absolute Gasteiger partial charge is 0.307 e. The third kappa shape index (κ3) is 2.02. The van der Waals surface area contributed by atoms with Gasteiger partial charge in [-0.1, -0.05) is 11.8 Å². The quantitative estimate of drug-likeness (QED) is 0.526. The number of carbonyl (C=O) groups excluding carboxylic acids is 2. The van der Waals surface area contributed by atoms with E-state index in [1.54, 1.807) is 0 Å². The lowest BCUT2D eigenvalue weighted by molar-refractivity contribution is -0.137. The molecule has 0 bridgehead atoms. The number of esters is 1. The van der Waals surface area contributed by atoms with Crippen LogP contribution in [-0.2, 0) is 14.3 Å². The summed E-state index contributed by atoms with van der Waals surface area (Å²) in [5.41, 5.74) is 0. The molecule has 3 nitrogen and oxygen atoms in total. The van der Waals surface area contributed by atoms with Crippen LogP contribution in [0.3, 0.4) is 0 Å². The molecule has 0 aromatic carbocycles. The fraction of sp³-hybridized carbons (Fsp3) is 0.667. The van der Waals surface area contributed by atoms with Crippen LogP contribution < -0.4 is 0 Å². The van der Waals surface area contributed by atoms with E-state index in [1.165, 1.54) is 18.7 Å². The fourth-order valence-electron chi connectivity index (χ4n) is 0.800. The van der Waals surface area contributed by atoms with E-state index < -0.39 is 0 Å². The molecule has 0 amide bonds. The van der Waals surface area contributed by atoms with Gasteiger partial charge >= 0.3 is 5.97 Å². The highest BCUT2D eigenvalue weighted by atomic mass is 32.2. The van der Waals surface area contributed by atoms with Crippen molar-refractivity contribution in [2.75, 3.05) is 6.61 Å². The Morgan fingerprint density at radius 1 is 1.80 bits per heavy atom. The van der Waals surface area contributed by atoms with Crippen LogP contribution >= 0.6 is 11.8 Å². The third-order valence-electron chi connectivity index (χ3n) is 1.16. The molecule has 0 spiro atoms. The highest BCUT2D eigenvalue weighted by Crippen LogP contribution is 2.21. The van der Waals surface area contributed by atoms with Crippen LogP contribution in [0.1, 0.15) is 13.3 Å². The number of hydrogen-bond donors (Lipinski definition) is 0. The van der Waals surface area contributed by atoms with Crippen LogP contribution in [0.15, 0.2) is 0 Å². The summed E-state index contributed by atoms with van der Waals surface area (Å²) in [5.74, 6) is -0.196. The van der Waals surface area contributed by atoms with E-state index in [2.05, 4.69) is 4.74 Å². The Morgan fingerprint density at radius 2 is 2.50 bits per heavy atom. The number of rotatable bonds is 1. The van der Waals surface area contributed by atoms with Gasteiger partial charge in [-0.15, -0.1) is 0 Å². The summed E-state index contributed by atoms with van der Waals surface area (Å²) in [6.45, 7) is 1.89. The lowest BCUT2D eigenvalue weighted by atomic mass is 10.4. The molecule has 0 aromatic heterocycles. The van der Waals surface area contributed by atoms with E-state index in [0.717, 1.165) is 0 Å². The molecular weight excluding hydrogens is 152 g/mol. The standard InChI is InChI=1S/C6H8O3S/c1-4(7)10-5-2-6(8)9-3-5/h5H,2-3H2,1H3. The predicted molar refractivity (Wildman–Crippen MR) is 37.6 cm³/mol. The molecule has 0 N–H and O–H groups in total. The van der Waals surface area contributed by atoms with E-state index in [0.29, 0.717) is 13.0 Å². The molecule has 0 radical (unpaired) electrons. The molecule has 1 fully saturated rings. The summed E-state index contributed by atoms with van der Waals surface area (Å²) in [6.07, 6.45) is 0.379. The Bertz CT molecular complexity index is 166. The van der Waals surface area contributed by atoms with Crippen molar-refractivity contribution in [2.45, 2.75) is 18.6 Å². The molecule has 0 saturated carbocycles. The highest BCUT2D eigenvalue weighted by molar-refractivity contribution is 8.14. The average molecular weight is 160 g/mol. The third-order valence-corrected chi connectivity index (χ3v) is 2.13. The van der Waals surface area contributed by atoms with Gasteiger partial charge in [0.25, 0.3) is 0 Å². The van der Waals surface area contributed by atoms with Gasteiger partial charge in [-0.05, 0) is 0 Å². The van der Waals surface area contributed by atoms with Gasteiger partial charge in [-0.3, -0.25) is 9.59 Å². The van der Waals surface area contributed by atoms with Gasteiger partial charge in [0, 0.05) is 6.92 Å². The summed E-state index contributed by atoms with van der Waals surface area (Å²) >= 11 is 1.18. The number of carbonyl (C=O) groups is 2. The molecule has 1 heterocycles. The van der Waals surface area contributed by atoms with Crippen LogP contribution in [0.2, 0.25) is 0 Å². The van der Waals surface area contributed by atoms with Crippen molar-refractivity contribution in [1.29, 1.82) is 0 Å². The first-order chi connectivity index (χ1) is 4.68. The van der Waals surface area contributed by atoms with Gasteiger partial charge in [0.05, 0.1) is 11.7 Å². The van der Waals surface area contributed by atoms with Crippen molar-refractivity contribution in [3.05, 3.63) is 0 Å². The molecule has 4 heteroatoms. The largest absolute Gasteiger partial charge is 0.464 e. The minimum Gasteiger partial charge on any atom is -0.464 e. The first-order valence-corrected chi connectivity index (χ1v) is 3.89. The van der Waals surface area contributed by atoms with Gasteiger partial charge in [0.1, 0.15) is 6.61 Å². The SMILES string of the molecule is CC(=O)SC1COC(=O)C1. The van der Waals surface area contributed by atoms with E-state index >= 15 is 0 Å². The minimum atomic E-state index is -0.196. The molecule has 1 saturated heterocycles. The van der Waals surface area contributed by atoms with Gasteiger partial charge < -0.3 is 4.74 Å². The van der Waals surface area contributed by atoms with Crippen LogP contribution in [0.4, 0.5) is 0 Å². The molecule has 56 valence electrons. The van der Waals surface area contributed by atoms with Gasteiger partial charge in [-0.2, -0.15) is 0 Å². The van der Waals surface area contributed by atoms with Crippen molar-refractivity contribution in [2.24, 2.45) is 0 Å². The number of ether oxygens (including phenoxy) is 1. The molecular formula is C6H8O3S. The van der Waals surface area contributed by atoms with Gasteiger partial charge in [0.15, 0.2) is 5.12 Å². The molecule has 1 rings (SSSR count). The Balaban J connectivity index is 2.31. The van der Waals surface area contributed by atoms with Crippen LogP contribution in [0, 0.1) is 0 Å². The van der Waals surface area contributed by atoms with Crippen molar-refractivity contribution in [3.63, 3.8) is 0 Å². The maximum atomic E-state index is 10.5. The van der Waals surface area contributed by atoms with E-state index in [9.17, 15) is 9.59 Å². The first-order valence-electron chi connectivity index (χ1n) is 3.01. The average Bonchev–Trinajstić information content (AvgIpc) is 2.13. The molecule has 1 aliphatic heterocycles. The van der Waals surface area contributed by atoms with E-state index in [4.69, 9.17) is 0 Å². The second kappa shape index (κ2) is 3.05. The number of hydrogen-bond acceptors (Lipinski definition) is 4. The van der Waals surface area contributed by atoms with Crippen molar-refractivity contribution < 1.29 is 14.3 Å². The fourth-order valence-corrected chi connectivity index (χ4v) is 1.62. The summed E-state index contributed by atoms with van der Waals surface area (Å²) in [7, 11) is 0. The molecule has 0 aliphatic carbocycles. The minimum absolute atomic E-state index is 0.0447. The highest BCUT2D eigenvalue weighted by Gasteiger charge is 2.25. The topological polar surface area (TPSA) is 43.4 Å². The van der Waals surface area contributed by atoms with Crippen LogP contribution in [0.25, 0.3) is 0 Å². The first kappa shape index (κ1) is 7.60. The summed E-state index contributed by atoms with van der Waals surface area (Å²) < 4.78 is 4.65. The van der Waals surface area contributed by atoms with Crippen molar-refractivity contribution >= 4 is 22.8 Å². The summed E-state index contributed by atoms with van der Waals surface area (Å²) in [4.78, 5) is 21.0. The molecule has 10 heavy (non-hydrogen) atoms. The van der Waals surface area contributed by atoms with Gasteiger partial charge in [0.2, 0.25) is 0 Å². The van der Waals surface area contributed by atoms with E-state index in [-0.39, 0.29) is 16.3 Å². The lowest BCUT2D eigenvalue weighted by Crippen LogP contribution is -2.03. The Hall–Kier alpha value is -0.510. The maximum Gasteiger partial charge on any atom is 0.307 e. The second-order valence-electron chi connectivity index (χ2n) is 2.12. The summed E-state index contributed by atoms with van der Waals surface area (Å²) in [5, 5.41) is 0.105. The van der Waals surface area contributed by atoms with Crippen molar-refractivity contribution in [1.82, 2.24) is 0 Å². The molecule has 1 atom stereocenters. The Kier molecular flexibility index (Phi) is 2.32. The number of thioether (sulfide) groups is 1. The van der Waals surface area contributed by atoms with Gasteiger partial charge in [-0.25, -0.2) is 0 Å². The molecule has 1 aliphatic rings. The lowest BCUT2D eigenvalue weighted by Gasteiger charge is -1.98. The molecule has 0 aromatic rings. The van der Waals surface area contributed by atoms with Crippen molar-refractivity contribution in [3.8, 4) is 0 Å². The van der Waals surface area contributed by atoms with E-state index in [1.807, 2.05) is 0 Å². The molecule has 1 unspecified atom stereocenters. The van der Waals surface area contributed by atoms with Crippen LogP contribution in [0.5, 0.6) is 0 Å². The monoisotopic (exact) mass is 160 g/mol. The zero-order chi connectivity index (χ0) is 7.56. The number of cyclic esters (lactones) is 1. The Morgan fingerprint density at radius 3 is 2.90 bits per heavy atom. The predicted octanol–water partition coefficient (Wildman–Crippen LogP) is 0.582. The second-order valence-corrected chi connectivity index (χ2v) is 3.60.